The number of rotatable bonds is 8. The van der Waals surface area contributed by atoms with Gasteiger partial charge in [0.25, 0.3) is 5.91 Å². The summed E-state index contributed by atoms with van der Waals surface area (Å²) >= 11 is 0. The number of hydrogen-bond acceptors (Lipinski definition) is 7. The number of pyridine rings is 1. The molecule has 3 N–H and O–H groups in total. The molecular weight excluding hydrogens is 463 g/mol. The minimum absolute atomic E-state index is 0.210. The summed E-state index contributed by atoms with van der Waals surface area (Å²) in [4.78, 5) is 17.4. The predicted octanol–water partition coefficient (Wildman–Crippen LogP) is 3.38. The number of anilines is 2. The molecule has 5 rings (SSSR count). The van der Waals surface area contributed by atoms with Crippen LogP contribution in [0.2, 0.25) is 0 Å². The number of nitrogens with zero attached hydrogens (tertiary/aromatic N) is 6. The smallest absolute Gasteiger partial charge is 0.255 e. The van der Waals surface area contributed by atoms with E-state index in [1.165, 1.54) is 26.2 Å². The number of carbonyl (C=O) groups excluding carboxylic acids is 1. The highest BCUT2D eigenvalue weighted by Gasteiger charge is 2.28. The summed E-state index contributed by atoms with van der Waals surface area (Å²) in [7, 11) is 0. The molecule has 1 fully saturated rings. The Hall–Kier alpha value is -4.30. The van der Waals surface area contributed by atoms with E-state index >= 15 is 0 Å². The van der Waals surface area contributed by atoms with E-state index in [1.807, 2.05) is 23.0 Å². The zero-order chi connectivity index (χ0) is 25.4. The number of hydrogen-bond donors (Lipinski definition) is 3. The number of fused-ring (bicyclic) bond motifs is 1. The van der Waals surface area contributed by atoms with Crippen LogP contribution in [0.3, 0.4) is 0 Å². The first kappa shape index (κ1) is 23.4. The number of amides is 1. The van der Waals surface area contributed by atoms with E-state index in [4.69, 9.17) is 5.26 Å². The summed E-state index contributed by atoms with van der Waals surface area (Å²) in [6, 6.07) is 9.57. The van der Waals surface area contributed by atoms with Crippen LogP contribution in [0, 0.1) is 11.3 Å². The number of nitrogens with one attached hydrogen (secondary N) is 2. The zero-order valence-electron chi connectivity index (χ0n) is 19.8. The normalized spacial score (nSPS) is 14.4. The molecule has 4 aromatic rings. The van der Waals surface area contributed by atoms with Crippen molar-refractivity contribution in [3.8, 4) is 17.5 Å². The number of aromatic nitrogens is 5. The SMILES string of the molecule is CC(C)(O)[C@H](F)CNC(=O)c1cnc(-c2ccc3cc(C#N)cnn23)cc1Nc1cnn(C2CC2)c1. The van der Waals surface area contributed by atoms with Gasteiger partial charge in [0.05, 0.1) is 70.0 Å². The van der Waals surface area contributed by atoms with E-state index < -0.39 is 17.7 Å². The van der Waals surface area contributed by atoms with Crippen molar-refractivity contribution in [1.82, 2.24) is 29.7 Å². The Bertz CT molecular complexity index is 1480. The number of aliphatic hydroxyl groups is 1. The Morgan fingerprint density at radius 2 is 2.08 bits per heavy atom. The van der Waals surface area contributed by atoms with Crippen LogP contribution in [0.5, 0.6) is 0 Å². The van der Waals surface area contributed by atoms with Gasteiger partial charge < -0.3 is 15.7 Å². The van der Waals surface area contributed by atoms with Crippen molar-refractivity contribution < 1.29 is 14.3 Å². The van der Waals surface area contributed by atoms with Gasteiger partial charge in [-0.15, -0.1) is 0 Å². The minimum atomic E-state index is -1.64. The Kier molecular flexibility index (Phi) is 5.89. The van der Waals surface area contributed by atoms with E-state index in [1.54, 1.807) is 22.8 Å². The first-order valence-electron chi connectivity index (χ1n) is 11.6. The van der Waals surface area contributed by atoms with Crippen LogP contribution < -0.4 is 10.6 Å². The van der Waals surface area contributed by atoms with Crippen LogP contribution >= 0.6 is 0 Å². The maximum Gasteiger partial charge on any atom is 0.255 e. The summed E-state index contributed by atoms with van der Waals surface area (Å²) in [6.07, 6.45) is 6.98. The molecule has 11 heteroatoms. The van der Waals surface area contributed by atoms with Gasteiger partial charge in [0, 0.05) is 12.4 Å². The molecule has 1 aliphatic rings. The predicted molar refractivity (Wildman–Crippen MR) is 130 cm³/mol. The van der Waals surface area contributed by atoms with E-state index in [2.05, 4.69) is 31.9 Å². The van der Waals surface area contributed by atoms with Gasteiger partial charge in [-0.2, -0.15) is 15.5 Å². The highest BCUT2D eigenvalue weighted by Crippen LogP contribution is 2.35. The lowest BCUT2D eigenvalue weighted by Crippen LogP contribution is -2.42. The molecule has 1 amide bonds. The summed E-state index contributed by atoms with van der Waals surface area (Å²) < 4.78 is 17.8. The molecule has 1 atom stereocenters. The zero-order valence-corrected chi connectivity index (χ0v) is 19.8. The van der Waals surface area contributed by atoms with Crippen molar-refractivity contribution in [1.29, 1.82) is 5.26 Å². The molecule has 0 spiro atoms. The average Bonchev–Trinajstić information content (AvgIpc) is 3.46. The molecule has 0 radical (unpaired) electrons. The first-order chi connectivity index (χ1) is 17.2. The van der Waals surface area contributed by atoms with Crippen LogP contribution in [0.1, 0.15) is 48.7 Å². The Labute approximate surface area is 206 Å². The summed E-state index contributed by atoms with van der Waals surface area (Å²) in [5.41, 5.74) is 2.17. The largest absolute Gasteiger partial charge is 0.387 e. The molecule has 36 heavy (non-hydrogen) atoms. The molecule has 10 nitrogen and oxygen atoms in total. The molecule has 0 aliphatic heterocycles. The lowest BCUT2D eigenvalue weighted by Gasteiger charge is -2.22. The third-order valence-electron chi connectivity index (χ3n) is 6.05. The van der Waals surface area contributed by atoms with E-state index in [-0.39, 0.29) is 12.1 Å². The minimum Gasteiger partial charge on any atom is -0.387 e. The second kappa shape index (κ2) is 9.05. The Morgan fingerprint density at radius 1 is 1.28 bits per heavy atom. The summed E-state index contributed by atoms with van der Waals surface area (Å²) in [5, 5.41) is 33.5. The Morgan fingerprint density at radius 3 is 2.81 bits per heavy atom. The van der Waals surface area contributed by atoms with Crippen molar-refractivity contribution in [2.45, 2.75) is 44.5 Å². The monoisotopic (exact) mass is 488 g/mol. The van der Waals surface area contributed by atoms with Crippen molar-refractivity contribution in [2.24, 2.45) is 0 Å². The third-order valence-corrected chi connectivity index (χ3v) is 6.05. The second-order valence-corrected chi connectivity index (χ2v) is 9.42. The van der Waals surface area contributed by atoms with Crippen molar-refractivity contribution in [3.63, 3.8) is 0 Å². The van der Waals surface area contributed by atoms with Gasteiger partial charge in [0.2, 0.25) is 0 Å². The maximum atomic E-state index is 14.2. The van der Waals surface area contributed by atoms with E-state index in [9.17, 15) is 14.3 Å². The fraction of sp³-hybridized carbons (Fsp3) is 0.320. The molecule has 1 saturated carbocycles. The molecule has 0 bridgehead atoms. The molecule has 0 unspecified atom stereocenters. The van der Waals surface area contributed by atoms with Crippen LogP contribution in [-0.4, -0.2) is 53.7 Å². The summed E-state index contributed by atoms with van der Waals surface area (Å²) in [5.74, 6) is -0.533. The van der Waals surface area contributed by atoms with Crippen LogP contribution in [-0.2, 0) is 0 Å². The number of alkyl halides is 1. The van der Waals surface area contributed by atoms with Gasteiger partial charge in [0.1, 0.15) is 12.2 Å². The first-order valence-corrected chi connectivity index (χ1v) is 11.6. The summed E-state index contributed by atoms with van der Waals surface area (Å²) in [6.45, 7) is 2.35. The van der Waals surface area contributed by atoms with Gasteiger partial charge in [0.15, 0.2) is 0 Å². The van der Waals surface area contributed by atoms with Gasteiger partial charge in [-0.25, -0.2) is 8.91 Å². The average molecular weight is 489 g/mol. The topological polar surface area (TPSA) is 133 Å². The highest BCUT2D eigenvalue weighted by molar-refractivity contribution is 6.00. The Balaban J connectivity index is 1.48. The van der Waals surface area contributed by atoms with Crippen LogP contribution in [0.25, 0.3) is 16.9 Å². The van der Waals surface area contributed by atoms with Crippen molar-refractivity contribution in [2.75, 3.05) is 11.9 Å². The quantitative estimate of drug-likeness (QED) is 0.346. The fourth-order valence-corrected chi connectivity index (χ4v) is 3.76. The number of halogens is 1. The van der Waals surface area contributed by atoms with E-state index in [0.717, 1.165) is 18.4 Å². The van der Waals surface area contributed by atoms with Crippen LogP contribution in [0.15, 0.2) is 49.1 Å². The molecule has 1 aliphatic carbocycles. The number of nitriles is 1. The molecule has 4 heterocycles. The molecule has 0 saturated heterocycles. The van der Waals surface area contributed by atoms with Gasteiger partial charge in [-0.3, -0.25) is 14.5 Å². The van der Waals surface area contributed by atoms with Gasteiger partial charge in [-0.1, -0.05) is 0 Å². The maximum absolute atomic E-state index is 14.2. The molecule has 184 valence electrons. The van der Waals surface area contributed by atoms with E-state index in [0.29, 0.717) is 34.4 Å². The fourth-order valence-electron chi connectivity index (χ4n) is 3.76. The van der Waals surface area contributed by atoms with Gasteiger partial charge in [-0.05, 0) is 51.0 Å². The van der Waals surface area contributed by atoms with Gasteiger partial charge >= 0.3 is 0 Å². The lowest BCUT2D eigenvalue weighted by atomic mass is 10.0. The van der Waals surface area contributed by atoms with Crippen molar-refractivity contribution >= 4 is 22.8 Å². The lowest BCUT2D eigenvalue weighted by molar-refractivity contribution is -0.00177. The third kappa shape index (κ3) is 4.76. The molecular formula is C25H25FN8O2. The highest BCUT2D eigenvalue weighted by atomic mass is 19.1. The van der Waals surface area contributed by atoms with Crippen LogP contribution in [0.4, 0.5) is 15.8 Å². The second-order valence-electron chi connectivity index (χ2n) is 9.42. The van der Waals surface area contributed by atoms with Crippen molar-refractivity contribution in [3.05, 3.63) is 60.2 Å². The molecule has 0 aromatic carbocycles. The standard InChI is InChI=1S/C25H25FN8O2/c1-25(2,36)23(26)13-29-24(35)19-12-28-21(22-6-5-18-7-15(9-27)10-31-34(18)22)8-20(19)32-16-11-30-33(14-16)17-3-4-17/h5-8,10-12,14,17,23,36H,3-4,13H2,1-2H3,(H,28,32)(H,29,35)/t23-/m1/s1. The number of carbonyl (C=O) groups is 1. The molecule has 4 aromatic heterocycles.